The third-order valence-corrected chi connectivity index (χ3v) is 2.99. The maximum atomic E-state index is 5.99. The molecule has 0 saturated carbocycles. The second-order valence-corrected chi connectivity index (χ2v) is 4.96. The van der Waals surface area contributed by atoms with Crippen molar-refractivity contribution in [3.8, 4) is 0 Å². The first-order valence-corrected chi connectivity index (χ1v) is 6.38. The zero-order valence-electron chi connectivity index (χ0n) is 11.6. The fourth-order valence-corrected chi connectivity index (χ4v) is 2.00. The third-order valence-electron chi connectivity index (χ3n) is 2.99. The summed E-state index contributed by atoms with van der Waals surface area (Å²) in [5.41, 5.74) is 7.58. The lowest BCUT2D eigenvalue weighted by atomic mass is 10.1. The monoisotopic (exact) mass is 260 g/mol. The van der Waals surface area contributed by atoms with E-state index in [0.717, 1.165) is 17.1 Å². The quantitative estimate of drug-likeness (QED) is 0.838. The van der Waals surface area contributed by atoms with E-state index >= 15 is 0 Å². The van der Waals surface area contributed by atoms with Gasteiger partial charge in [0.1, 0.15) is 12.4 Å². The Bertz CT molecular complexity index is 536. The largest absolute Gasteiger partial charge is 0.399 e. The van der Waals surface area contributed by atoms with Crippen LogP contribution in [0.25, 0.3) is 0 Å². The average molecular weight is 260 g/mol. The van der Waals surface area contributed by atoms with Gasteiger partial charge in [-0.25, -0.2) is 4.98 Å². The molecule has 0 aliphatic heterocycles. The molecule has 0 unspecified atom stereocenters. The predicted octanol–water partition coefficient (Wildman–Crippen LogP) is 2.31. The van der Waals surface area contributed by atoms with Gasteiger partial charge in [0.25, 0.3) is 0 Å². The van der Waals surface area contributed by atoms with Gasteiger partial charge in [0, 0.05) is 12.7 Å². The standard InChI is InChI=1S/C14H20N4O/c1-10(2)13(14-16-9-17-18(14)3)19-8-11-5-4-6-12(15)7-11/h4-7,9-10,13H,8,15H2,1-3H3/t13-/m1/s1. The molecule has 0 aliphatic carbocycles. The molecular formula is C14H20N4O. The molecule has 1 atom stereocenters. The molecule has 5 heteroatoms. The number of aryl methyl sites for hydroxylation is 1. The number of benzene rings is 1. The van der Waals surface area contributed by atoms with E-state index in [1.54, 1.807) is 11.0 Å². The first-order chi connectivity index (χ1) is 9.08. The molecule has 102 valence electrons. The Kier molecular flexibility index (Phi) is 4.16. The molecule has 2 aromatic rings. The van der Waals surface area contributed by atoms with Crippen LogP contribution < -0.4 is 5.73 Å². The third kappa shape index (κ3) is 3.32. The minimum absolute atomic E-state index is 0.0751. The lowest BCUT2D eigenvalue weighted by molar-refractivity contribution is 0.00100. The lowest BCUT2D eigenvalue weighted by Gasteiger charge is -2.20. The van der Waals surface area contributed by atoms with Gasteiger partial charge in [-0.1, -0.05) is 26.0 Å². The summed E-state index contributed by atoms with van der Waals surface area (Å²) in [5, 5.41) is 4.09. The molecule has 0 saturated heterocycles. The Balaban J connectivity index is 2.08. The summed E-state index contributed by atoms with van der Waals surface area (Å²) in [5.74, 6) is 1.17. The highest BCUT2D eigenvalue weighted by molar-refractivity contribution is 5.40. The van der Waals surface area contributed by atoms with E-state index in [0.29, 0.717) is 12.5 Å². The van der Waals surface area contributed by atoms with Crippen molar-refractivity contribution in [2.75, 3.05) is 5.73 Å². The maximum absolute atomic E-state index is 5.99. The second-order valence-electron chi connectivity index (χ2n) is 4.96. The molecular weight excluding hydrogens is 240 g/mol. The molecule has 1 aromatic heterocycles. The van der Waals surface area contributed by atoms with Crippen molar-refractivity contribution in [3.63, 3.8) is 0 Å². The van der Waals surface area contributed by atoms with E-state index in [9.17, 15) is 0 Å². The molecule has 2 rings (SSSR count). The van der Waals surface area contributed by atoms with Crippen molar-refractivity contribution in [3.05, 3.63) is 42.0 Å². The van der Waals surface area contributed by atoms with Crippen molar-refractivity contribution in [1.29, 1.82) is 0 Å². The smallest absolute Gasteiger partial charge is 0.156 e. The van der Waals surface area contributed by atoms with Crippen LogP contribution in [0.15, 0.2) is 30.6 Å². The molecule has 0 spiro atoms. The highest BCUT2D eigenvalue weighted by Crippen LogP contribution is 2.25. The normalized spacial score (nSPS) is 12.8. The summed E-state index contributed by atoms with van der Waals surface area (Å²) < 4.78 is 7.74. The Hall–Kier alpha value is -1.88. The van der Waals surface area contributed by atoms with Gasteiger partial charge in [-0.2, -0.15) is 5.10 Å². The molecule has 0 fully saturated rings. The topological polar surface area (TPSA) is 66.0 Å². The van der Waals surface area contributed by atoms with Crippen molar-refractivity contribution >= 4 is 5.69 Å². The molecule has 1 aromatic carbocycles. The zero-order valence-corrected chi connectivity index (χ0v) is 11.6. The number of hydrogen-bond acceptors (Lipinski definition) is 4. The maximum Gasteiger partial charge on any atom is 0.156 e. The summed E-state index contributed by atoms with van der Waals surface area (Å²) in [6.07, 6.45) is 1.48. The minimum Gasteiger partial charge on any atom is -0.399 e. The Labute approximate surface area is 113 Å². The number of nitrogens with two attached hydrogens (primary N) is 1. The van der Waals surface area contributed by atoms with E-state index in [-0.39, 0.29) is 6.10 Å². The SMILES string of the molecule is CC(C)[C@@H](OCc1cccc(N)c1)c1ncnn1C. The van der Waals surface area contributed by atoms with Gasteiger partial charge in [-0.3, -0.25) is 4.68 Å². The molecule has 0 amide bonds. The number of ether oxygens (including phenoxy) is 1. The highest BCUT2D eigenvalue weighted by atomic mass is 16.5. The van der Waals surface area contributed by atoms with Crippen LogP contribution in [0.1, 0.15) is 31.3 Å². The minimum atomic E-state index is -0.0751. The van der Waals surface area contributed by atoms with Gasteiger partial charge in [-0.05, 0) is 23.6 Å². The van der Waals surface area contributed by atoms with Crippen LogP contribution in [-0.4, -0.2) is 14.8 Å². The van der Waals surface area contributed by atoms with Crippen molar-refractivity contribution in [2.45, 2.75) is 26.6 Å². The molecule has 1 heterocycles. The van der Waals surface area contributed by atoms with Crippen LogP contribution >= 0.6 is 0 Å². The van der Waals surface area contributed by atoms with Gasteiger partial charge in [-0.15, -0.1) is 0 Å². The lowest BCUT2D eigenvalue weighted by Crippen LogP contribution is -2.16. The summed E-state index contributed by atoms with van der Waals surface area (Å²) in [6, 6.07) is 7.73. The summed E-state index contributed by atoms with van der Waals surface area (Å²) in [4.78, 5) is 4.27. The summed E-state index contributed by atoms with van der Waals surface area (Å²) in [7, 11) is 1.88. The predicted molar refractivity (Wildman–Crippen MR) is 74.2 cm³/mol. The molecule has 2 N–H and O–H groups in total. The number of hydrogen-bond donors (Lipinski definition) is 1. The molecule has 0 bridgehead atoms. The zero-order chi connectivity index (χ0) is 13.8. The Morgan fingerprint density at radius 3 is 2.74 bits per heavy atom. The van der Waals surface area contributed by atoms with Gasteiger partial charge < -0.3 is 10.5 Å². The number of anilines is 1. The van der Waals surface area contributed by atoms with Gasteiger partial charge in [0.2, 0.25) is 0 Å². The average Bonchev–Trinajstić information content (AvgIpc) is 2.76. The van der Waals surface area contributed by atoms with Crippen LogP contribution in [0.4, 0.5) is 5.69 Å². The number of aromatic nitrogens is 3. The second kappa shape index (κ2) is 5.84. The van der Waals surface area contributed by atoms with Crippen LogP contribution in [0.5, 0.6) is 0 Å². The van der Waals surface area contributed by atoms with Crippen LogP contribution in [-0.2, 0) is 18.4 Å². The Morgan fingerprint density at radius 1 is 1.37 bits per heavy atom. The van der Waals surface area contributed by atoms with Gasteiger partial charge in [0.05, 0.1) is 6.61 Å². The van der Waals surface area contributed by atoms with E-state index in [1.165, 1.54) is 0 Å². The van der Waals surface area contributed by atoms with Crippen molar-refractivity contribution in [1.82, 2.24) is 14.8 Å². The van der Waals surface area contributed by atoms with E-state index in [1.807, 2.05) is 31.3 Å². The molecule has 19 heavy (non-hydrogen) atoms. The Morgan fingerprint density at radius 2 is 2.16 bits per heavy atom. The highest BCUT2D eigenvalue weighted by Gasteiger charge is 2.21. The van der Waals surface area contributed by atoms with Crippen molar-refractivity contribution < 1.29 is 4.74 Å². The van der Waals surface area contributed by atoms with Gasteiger partial charge >= 0.3 is 0 Å². The fraction of sp³-hybridized carbons (Fsp3) is 0.429. The summed E-state index contributed by atoms with van der Waals surface area (Å²) in [6.45, 7) is 4.73. The van der Waals surface area contributed by atoms with Gasteiger partial charge in [0.15, 0.2) is 5.82 Å². The van der Waals surface area contributed by atoms with E-state index in [4.69, 9.17) is 10.5 Å². The van der Waals surface area contributed by atoms with E-state index in [2.05, 4.69) is 23.9 Å². The molecule has 0 radical (unpaired) electrons. The fourth-order valence-electron chi connectivity index (χ4n) is 2.00. The number of nitrogen functional groups attached to an aromatic ring is 1. The molecule has 0 aliphatic rings. The first kappa shape index (κ1) is 13.5. The molecule has 5 nitrogen and oxygen atoms in total. The van der Waals surface area contributed by atoms with E-state index < -0.39 is 0 Å². The van der Waals surface area contributed by atoms with Crippen molar-refractivity contribution in [2.24, 2.45) is 13.0 Å². The first-order valence-electron chi connectivity index (χ1n) is 6.38. The van der Waals surface area contributed by atoms with Crippen LogP contribution in [0.3, 0.4) is 0 Å². The van der Waals surface area contributed by atoms with Crippen LogP contribution in [0, 0.1) is 5.92 Å². The number of nitrogens with zero attached hydrogens (tertiary/aromatic N) is 3. The van der Waals surface area contributed by atoms with Crippen LogP contribution in [0.2, 0.25) is 0 Å². The summed E-state index contributed by atoms with van der Waals surface area (Å²) >= 11 is 0. The number of rotatable bonds is 5.